The molecule has 0 heterocycles. The molecule has 1 aromatic rings. The molecule has 0 saturated heterocycles. The van der Waals surface area contributed by atoms with E-state index in [1.165, 1.54) is 13.0 Å². The van der Waals surface area contributed by atoms with Crippen LogP contribution in [-0.4, -0.2) is 24.1 Å². The van der Waals surface area contributed by atoms with Crippen LogP contribution in [0.2, 0.25) is 0 Å². The average molecular weight is 246 g/mol. The molecule has 0 saturated carbocycles. The largest absolute Gasteiger partial charge is 0.344 e. The van der Waals surface area contributed by atoms with Gasteiger partial charge < -0.3 is 10.6 Å². The third-order valence-electron chi connectivity index (χ3n) is 2.16. The molecule has 2 amide bonds. The van der Waals surface area contributed by atoms with E-state index in [0.29, 0.717) is 11.3 Å². The summed E-state index contributed by atoms with van der Waals surface area (Å²) in [4.78, 5) is 33.7. The minimum atomic E-state index is -0.757. The van der Waals surface area contributed by atoms with E-state index in [9.17, 15) is 14.4 Å². The zero-order valence-corrected chi connectivity index (χ0v) is 10.0. The molecule has 0 radical (unpaired) electrons. The third-order valence-corrected chi connectivity index (χ3v) is 2.16. The molecule has 0 aliphatic rings. The first kappa shape index (κ1) is 13.6. The second-order valence-electron chi connectivity index (χ2n) is 3.59. The number of hydrogen-bond acceptors (Lipinski definition) is 3. The van der Waals surface area contributed by atoms with Crippen LogP contribution < -0.4 is 10.6 Å². The SMILES string of the molecule is C=CCNC(=O)C(=O)Nc1ccc(C(C)=O)cc1. The second kappa shape index (κ2) is 6.34. The van der Waals surface area contributed by atoms with Gasteiger partial charge in [-0.15, -0.1) is 6.58 Å². The summed E-state index contributed by atoms with van der Waals surface area (Å²) in [7, 11) is 0. The summed E-state index contributed by atoms with van der Waals surface area (Å²) < 4.78 is 0. The van der Waals surface area contributed by atoms with Crippen LogP contribution in [0.1, 0.15) is 17.3 Å². The van der Waals surface area contributed by atoms with E-state index >= 15 is 0 Å². The topological polar surface area (TPSA) is 75.3 Å². The van der Waals surface area contributed by atoms with Gasteiger partial charge in [0.2, 0.25) is 0 Å². The van der Waals surface area contributed by atoms with Crippen molar-refractivity contribution in [2.75, 3.05) is 11.9 Å². The van der Waals surface area contributed by atoms with Gasteiger partial charge in [0.05, 0.1) is 0 Å². The Balaban J connectivity index is 2.61. The number of carbonyl (C=O) groups is 3. The van der Waals surface area contributed by atoms with E-state index in [2.05, 4.69) is 17.2 Å². The van der Waals surface area contributed by atoms with Gasteiger partial charge in [0.15, 0.2) is 5.78 Å². The molecule has 0 spiro atoms. The Labute approximate surface area is 105 Å². The van der Waals surface area contributed by atoms with Crippen LogP contribution in [0.3, 0.4) is 0 Å². The quantitative estimate of drug-likeness (QED) is 0.475. The van der Waals surface area contributed by atoms with Crippen molar-refractivity contribution in [3.05, 3.63) is 42.5 Å². The number of carbonyl (C=O) groups excluding carboxylic acids is 3. The maximum Gasteiger partial charge on any atom is 0.313 e. The van der Waals surface area contributed by atoms with Gasteiger partial charge in [0, 0.05) is 17.8 Å². The Hall–Kier alpha value is -2.43. The van der Waals surface area contributed by atoms with Gasteiger partial charge in [-0.25, -0.2) is 0 Å². The van der Waals surface area contributed by atoms with Crippen LogP contribution in [0.25, 0.3) is 0 Å². The van der Waals surface area contributed by atoms with Crippen LogP contribution in [0, 0.1) is 0 Å². The Morgan fingerprint density at radius 2 is 1.78 bits per heavy atom. The molecule has 1 aromatic carbocycles. The number of hydrogen-bond donors (Lipinski definition) is 2. The maximum atomic E-state index is 11.4. The number of benzene rings is 1. The molecule has 0 unspecified atom stereocenters. The molecule has 2 N–H and O–H groups in total. The predicted octanol–water partition coefficient (Wildman–Crippen LogP) is 1.13. The molecule has 1 rings (SSSR count). The van der Waals surface area contributed by atoms with Crippen molar-refractivity contribution in [1.82, 2.24) is 5.32 Å². The maximum absolute atomic E-state index is 11.4. The first-order valence-electron chi connectivity index (χ1n) is 5.35. The summed E-state index contributed by atoms with van der Waals surface area (Å²) in [6.07, 6.45) is 1.48. The van der Waals surface area contributed by atoms with Crippen LogP contribution in [-0.2, 0) is 9.59 Å². The molecule has 0 atom stereocenters. The molecular formula is C13H14N2O3. The molecular weight excluding hydrogens is 232 g/mol. The smallest absolute Gasteiger partial charge is 0.313 e. The molecule has 5 heteroatoms. The fraction of sp³-hybridized carbons (Fsp3) is 0.154. The van der Waals surface area contributed by atoms with E-state index < -0.39 is 11.8 Å². The first-order valence-corrected chi connectivity index (χ1v) is 5.35. The normalized spacial score (nSPS) is 9.39. The van der Waals surface area contributed by atoms with Gasteiger partial charge in [-0.2, -0.15) is 0 Å². The fourth-order valence-corrected chi connectivity index (χ4v) is 1.22. The van der Waals surface area contributed by atoms with Crippen molar-refractivity contribution < 1.29 is 14.4 Å². The number of anilines is 1. The predicted molar refractivity (Wildman–Crippen MR) is 68.3 cm³/mol. The lowest BCUT2D eigenvalue weighted by molar-refractivity contribution is -0.136. The van der Waals surface area contributed by atoms with E-state index in [4.69, 9.17) is 0 Å². The lowest BCUT2D eigenvalue weighted by Gasteiger charge is -2.05. The summed E-state index contributed by atoms with van der Waals surface area (Å²) in [5.41, 5.74) is 1.00. The highest BCUT2D eigenvalue weighted by atomic mass is 16.2. The standard InChI is InChI=1S/C13H14N2O3/c1-3-8-14-12(17)13(18)15-11-6-4-10(5-7-11)9(2)16/h3-7H,1,8H2,2H3,(H,14,17)(H,15,18). The zero-order valence-electron chi connectivity index (χ0n) is 10.0. The molecule has 0 aromatic heterocycles. The first-order chi connectivity index (χ1) is 8.54. The van der Waals surface area contributed by atoms with E-state index in [-0.39, 0.29) is 12.3 Å². The van der Waals surface area contributed by atoms with Gasteiger partial charge >= 0.3 is 11.8 Å². The highest BCUT2D eigenvalue weighted by Crippen LogP contribution is 2.09. The summed E-state index contributed by atoms with van der Waals surface area (Å²) in [5.74, 6) is -1.55. The minimum Gasteiger partial charge on any atom is -0.344 e. The fourth-order valence-electron chi connectivity index (χ4n) is 1.22. The number of Topliss-reactive ketones (excluding diaryl/α,β-unsaturated/α-hetero) is 1. The average Bonchev–Trinajstić information content (AvgIpc) is 2.36. The van der Waals surface area contributed by atoms with Crippen LogP contribution in [0.5, 0.6) is 0 Å². The Bertz CT molecular complexity index is 478. The molecule has 0 bridgehead atoms. The van der Waals surface area contributed by atoms with E-state index in [1.54, 1.807) is 24.3 Å². The highest BCUT2D eigenvalue weighted by Gasteiger charge is 2.12. The highest BCUT2D eigenvalue weighted by molar-refractivity contribution is 6.39. The second-order valence-corrected chi connectivity index (χ2v) is 3.59. The molecule has 0 aliphatic carbocycles. The van der Waals surface area contributed by atoms with E-state index in [0.717, 1.165) is 0 Å². The molecule has 5 nitrogen and oxygen atoms in total. The van der Waals surface area contributed by atoms with Crippen molar-refractivity contribution in [3.63, 3.8) is 0 Å². The van der Waals surface area contributed by atoms with Crippen molar-refractivity contribution in [2.45, 2.75) is 6.92 Å². The number of rotatable bonds is 4. The molecule has 18 heavy (non-hydrogen) atoms. The van der Waals surface area contributed by atoms with Crippen molar-refractivity contribution in [1.29, 1.82) is 0 Å². The van der Waals surface area contributed by atoms with Crippen LogP contribution in [0.4, 0.5) is 5.69 Å². The van der Waals surface area contributed by atoms with Gasteiger partial charge in [-0.05, 0) is 31.2 Å². The van der Waals surface area contributed by atoms with E-state index in [1.807, 2.05) is 0 Å². The van der Waals surface area contributed by atoms with Crippen molar-refractivity contribution in [2.24, 2.45) is 0 Å². The van der Waals surface area contributed by atoms with Gasteiger partial charge in [0.25, 0.3) is 0 Å². The summed E-state index contributed by atoms with van der Waals surface area (Å²) in [6, 6.07) is 6.30. The zero-order chi connectivity index (χ0) is 13.5. The van der Waals surface area contributed by atoms with Gasteiger partial charge in [0.1, 0.15) is 0 Å². The summed E-state index contributed by atoms with van der Waals surface area (Å²) >= 11 is 0. The lowest BCUT2D eigenvalue weighted by Crippen LogP contribution is -2.35. The number of amides is 2. The monoisotopic (exact) mass is 246 g/mol. The minimum absolute atomic E-state index is 0.0587. The summed E-state index contributed by atoms with van der Waals surface area (Å²) in [5, 5.41) is 4.78. The third kappa shape index (κ3) is 3.86. The van der Waals surface area contributed by atoms with Crippen molar-refractivity contribution in [3.8, 4) is 0 Å². The van der Waals surface area contributed by atoms with Gasteiger partial charge in [-0.3, -0.25) is 14.4 Å². The lowest BCUT2D eigenvalue weighted by atomic mass is 10.1. The van der Waals surface area contributed by atoms with Crippen LogP contribution >= 0.6 is 0 Å². The Kier molecular flexibility index (Phi) is 4.80. The van der Waals surface area contributed by atoms with Crippen LogP contribution in [0.15, 0.2) is 36.9 Å². The number of ketones is 1. The molecule has 94 valence electrons. The number of nitrogens with one attached hydrogen (secondary N) is 2. The Morgan fingerprint density at radius 1 is 1.17 bits per heavy atom. The van der Waals surface area contributed by atoms with Crippen molar-refractivity contribution >= 4 is 23.3 Å². The van der Waals surface area contributed by atoms with Gasteiger partial charge in [-0.1, -0.05) is 6.08 Å². The molecule has 0 aliphatic heterocycles. The summed E-state index contributed by atoms with van der Waals surface area (Å²) in [6.45, 7) is 5.11. The Morgan fingerprint density at radius 3 is 2.28 bits per heavy atom. The molecule has 0 fully saturated rings.